The van der Waals surface area contributed by atoms with Crippen molar-refractivity contribution in [3.05, 3.63) is 94.5 Å². The van der Waals surface area contributed by atoms with Crippen LogP contribution in [0.5, 0.6) is 11.5 Å². The number of phenolic OH excluding ortho intramolecular Hbond substituents is 1. The molecular weight excluding hydrogens is 566 g/mol. The van der Waals surface area contributed by atoms with E-state index in [1.165, 1.54) is 13.2 Å². The summed E-state index contributed by atoms with van der Waals surface area (Å²) in [4.78, 5) is 31.0. The summed E-state index contributed by atoms with van der Waals surface area (Å²) in [5.41, 5.74) is 2.37. The molecule has 9 nitrogen and oxygen atoms in total. The van der Waals surface area contributed by atoms with Crippen molar-refractivity contribution < 1.29 is 19.4 Å². The molecule has 3 aromatic carbocycles. The highest BCUT2D eigenvalue weighted by Crippen LogP contribution is 2.37. The second-order valence-corrected chi connectivity index (χ2v) is 10.6. The molecule has 4 aromatic rings. The summed E-state index contributed by atoms with van der Waals surface area (Å²) in [6, 6.07) is 22.2. The van der Waals surface area contributed by atoms with E-state index < -0.39 is 5.91 Å². The first-order valence-electron chi connectivity index (χ1n) is 13.9. The maximum atomic E-state index is 13.3. The Labute approximate surface area is 254 Å². The predicted octanol–water partition coefficient (Wildman–Crippen LogP) is 5.78. The Morgan fingerprint density at radius 1 is 1.07 bits per heavy atom. The summed E-state index contributed by atoms with van der Waals surface area (Å²) in [5, 5.41) is 30.5. The van der Waals surface area contributed by atoms with Crippen LogP contribution in [0.4, 0.5) is 5.82 Å². The molecule has 4 N–H and O–H groups in total. The lowest BCUT2D eigenvalue weighted by Gasteiger charge is -2.23. The topological polar surface area (TPSA) is 136 Å². The number of benzene rings is 3. The number of rotatable bonds is 8. The molecule has 0 bridgehead atoms. The summed E-state index contributed by atoms with van der Waals surface area (Å²) in [6.07, 6.45) is 3.27. The zero-order valence-corrected chi connectivity index (χ0v) is 24.2. The molecule has 43 heavy (non-hydrogen) atoms. The largest absolute Gasteiger partial charge is 0.507 e. The highest BCUT2D eigenvalue weighted by Gasteiger charge is 2.22. The Balaban J connectivity index is 1.56. The maximum Gasteiger partial charge on any atom is 0.260 e. The number of aromatic hydroxyl groups is 1. The fourth-order valence-corrected chi connectivity index (χ4v) is 5.25. The third-order valence-electron chi connectivity index (χ3n) is 7.31. The second-order valence-electron chi connectivity index (χ2n) is 10.1. The van der Waals surface area contributed by atoms with Crippen molar-refractivity contribution in [2.24, 2.45) is 0 Å². The molecule has 1 saturated heterocycles. The number of hydrogen-bond donors (Lipinski definition) is 4. The van der Waals surface area contributed by atoms with E-state index in [1.807, 2.05) is 0 Å². The number of para-hydroxylation sites is 1. The van der Waals surface area contributed by atoms with E-state index in [9.17, 15) is 20.0 Å². The minimum absolute atomic E-state index is 0.0153. The van der Waals surface area contributed by atoms with Gasteiger partial charge < -0.3 is 25.8 Å². The number of anilines is 1. The average molecular weight is 596 g/mol. The number of nitriles is 1. The molecule has 0 saturated carbocycles. The Bertz CT molecular complexity index is 1710. The van der Waals surface area contributed by atoms with E-state index in [4.69, 9.17) is 16.3 Å². The van der Waals surface area contributed by atoms with Crippen LogP contribution in [-0.4, -0.2) is 48.1 Å². The van der Waals surface area contributed by atoms with Crippen molar-refractivity contribution in [2.45, 2.75) is 25.3 Å². The van der Waals surface area contributed by atoms with Gasteiger partial charge in [-0.1, -0.05) is 42.3 Å². The van der Waals surface area contributed by atoms with Crippen LogP contribution >= 0.6 is 11.6 Å². The van der Waals surface area contributed by atoms with E-state index in [0.29, 0.717) is 39.6 Å². The number of amides is 2. The van der Waals surface area contributed by atoms with Gasteiger partial charge in [0.1, 0.15) is 23.1 Å². The van der Waals surface area contributed by atoms with Crippen LogP contribution in [0.2, 0.25) is 5.02 Å². The lowest BCUT2D eigenvalue weighted by molar-refractivity contribution is 0.0947. The summed E-state index contributed by atoms with van der Waals surface area (Å²) in [6.45, 7) is 1.46. The zero-order chi connectivity index (χ0) is 30.3. The molecule has 0 radical (unpaired) electrons. The third kappa shape index (κ3) is 6.78. The predicted molar refractivity (Wildman–Crippen MR) is 165 cm³/mol. The minimum Gasteiger partial charge on any atom is -0.507 e. The normalized spacial score (nSPS) is 14.4. The molecule has 1 aliphatic heterocycles. The molecule has 1 atom stereocenters. The number of carbonyl (C=O) groups is 2. The summed E-state index contributed by atoms with van der Waals surface area (Å²) in [7, 11) is 1.46. The van der Waals surface area contributed by atoms with Gasteiger partial charge >= 0.3 is 0 Å². The molecule has 5 rings (SSSR count). The van der Waals surface area contributed by atoms with Gasteiger partial charge in [-0.05, 0) is 73.5 Å². The van der Waals surface area contributed by atoms with Gasteiger partial charge in [-0.25, -0.2) is 4.98 Å². The van der Waals surface area contributed by atoms with Gasteiger partial charge in [0, 0.05) is 34.3 Å². The average Bonchev–Trinajstić information content (AvgIpc) is 3.03. The van der Waals surface area contributed by atoms with Crippen molar-refractivity contribution in [1.82, 2.24) is 15.6 Å². The van der Waals surface area contributed by atoms with Crippen molar-refractivity contribution in [1.29, 1.82) is 5.26 Å². The number of carbonyl (C=O) groups excluding carboxylic acids is 2. The molecular formula is C33H30ClN5O4. The number of hydrogen-bond acceptors (Lipinski definition) is 7. The molecule has 1 aromatic heterocycles. The van der Waals surface area contributed by atoms with Crippen LogP contribution in [0.25, 0.3) is 22.4 Å². The van der Waals surface area contributed by atoms with E-state index in [1.54, 1.807) is 66.7 Å². The van der Waals surface area contributed by atoms with Gasteiger partial charge in [0.25, 0.3) is 11.8 Å². The van der Waals surface area contributed by atoms with Gasteiger partial charge in [0.05, 0.1) is 18.4 Å². The molecule has 0 spiro atoms. The quantitative estimate of drug-likeness (QED) is 0.203. The Morgan fingerprint density at radius 2 is 1.91 bits per heavy atom. The van der Waals surface area contributed by atoms with Crippen LogP contribution in [0, 0.1) is 11.3 Å². The number of nitrogens with zero attached hydrogens (tertiary/aromatic N) is 2. The number of piperidine rings is 1. The number of pyridine rings is 1. The van der Waals surface area contributed by atoms with Crippen LogP contribution in [-0.2, 0) is 0 Å². The number of nitrogens with one attached hydrogen (secondary N) is 3. The zero-order valence-electron chi connectivity index (χ0n) is 23.5. The molecule has 10 heteroatoms. The van der Waals surface area contributed by atoms with Gasteiger partial charge in [-0.3, -0.25) is 9.59 Å². The van der Waals surface area contributed by atoms with Gasteiger partial charge in [-0.2, -0.15) is 5.26 Å². The fourth-order valence-electron chi connectivity index (χ4n) is 5.09. The Kier molecular flexibility index (Phi) is 9.20. The van der Waals surface area contributed by atoms with E-state index >= 15 is 0 Å². The second kappa shape index (κ2) is 13.4. The van der Waals surface area contributed by atoms with Crippen molar-refractivity contribution in [3.8, 4) is 40.0 Å². The smallest absolute Gasteiger partial charge is 0.260 e. The van der Waals surface area contributed by atoms with E-state index in [0.717, 1.165) is 25.8 Å². The first kappa shape index (κ1) is 29.6. The monoisotopic (exact) mass is 595 g/mol. The summed E-state index contributed by atoms with van der Waals surface area (Å²) < 4.78 is 5.33. The van der Waals surface area contributed by atoms with Gasteiger partial charge in [0.15, 0.2) is 5.82 Å². The molecule has 218 valence electrons. The molecule has 1 fully saturated rings. The highest BCUT2D eigenvalue weighted by molar-refractivity contribution is 6.30. The molecule has 2 heterocycles. The van der Waals surface area contributed by atoms with Crippen LogP contribution in [0.1, 0.15) is 45.5 Å². The lowest BCUT2D eigenvalue weighted by Crippen LogP contribution is -2.43. The number of halogens is 1. The fraction of sp³-hybridized carbons (Fsp3) is 0.212. The van der Waals surface area contributed by atoms with Gasteiger partial charge in [-0.15, -0.1) is 0 Å². The molecule has 0 aliphatic carbocycles. The van der Waals surface area contributed by atoms with Crippen LogP contribution in [0.15, 0.2) is 72.8 Å². The van der Waals surface area contributed by atoms with Crippen molar-refractivity contribution in [3.63, 3.8) is 0 Å². The molecule has 1 unspecified atom stereocenters. The number of aromatic nitrogens is 1. The SMILES string of the molecule is COc1ccccc1C(=O)Nc1nc(-c2ccc(Cl)cc2O)cc(-c2cccc(C(=O)NCC3CCCCN3)c2)c1C#N. The number of ether oxygens (including phenoxy) is 1. The van der Waals surface area contributed by atoms with Crippen molar-refractivity contribution >= 4 is 29.2 Å². The van der Waals surface area contributed by atoms with Crippen LogP contribution in [0.3, 0.4) is 0 Å². The highest BCUT2D eigenvalue weighted by atomic mass is 35.5. The first-order valence-corrected chi connectivity index (χ1v) is 14.3. The minimum atomic E-state index is -0.533. The molecule has 1 aliphatic rings. The lowest BCUT2D eigenvalue weighted by atomic mass is 9.96. The molecule has 2 amide bonds. The summed E-state index contributed by atoms with van der Waals surface area (Å²) >= 11 is 6.06. The number of methoxy groups -OCH3 is 1. The first-order chi connectivity index (χ1) is 20.9. The van der Waals surface area contributed by atoms with Gasteiger partial charge in [0.2, 0.25) is 0 Å². The third-order valence-corrected chi connectivity index (χ3v) is 7.54. The maximum absolute atomic E-state index is 13.3. The van der Waals surface area contributed by atoms with Crippen LogP contribution < -0.4 is 20.7 Å². The standard InChI is InChI=1S/C33H30ClN5O4/c1-43-30-11-3-2-10-25(30)33(42)39-31-27(18-35)26(17-28(38-31)24-13-12-22(34)16-29(24)40)20-7-6-8-21(15-20)32(41)37-19-23-9-4-5-14-36-23/h2-3,6-8,10-13,15-17,23,36,40H,4-5,9,14,19H2,1H3,(H,37,41)(H,38,39,42). The van der Waals surface area contributed by atoms with Crippen molar-refractivity contribution in [2.75, 3.05) is 25.5 Å². The Hall–Kier alpha value is -4.91. The number of phenols is 1. The Morgan fingerprint density at radius 3 is 2.65 bits per heavy atom. The van der Waals surface area contributed by atoms with E-state index in [2.05, 4.69) is 27.0 Å². The summed E-state index contributed by atoms with van der Waals surface area (Å²) in [5.74, 6) is -0.552. The van der Waals surface area contributed by atoms with E-state index in [-0.39, 0.29) is 40.3 Å².